The van der Waals surface area contributed by atoms with Gasteiger partial charge in [0.25, 0.3) is 5.91 Å². The van der Waals surface area contributed by atoms with E-state index in [4.69, 9.17) is 4.74 Å². The summed E-state index contributed by atoms with van der Waals surface area (Å²) in [5.41, 5.74) is 0.950. The summed E-state index contributed by atoms with van der Waals surface area (Å²) in [6.45, 7) is 13.0. The van der Waals surface area contributed by atoms with Crippen molar-refractivity contribution < 1.29 is 14.8 Å². The van der Waals surface area contributed by atoms with Crippen LogP contribution in [0.2, 0.25) is 0 Å². The van der Waals surface area contributed by atoms with Gasteiger partial charge in [0.2, 0.25) is 0 Å². The van der Waals surface area contributed by atoms with Gasteiger partial charge in [0.05, 0.1) is 11.1 Å². The van der Waals surface area contributed by atoms with Gasteiger partial charge in [-0.15, -0.1) is 0 Å². The molecule has 4 heteroatoms. The highest BCUT2D eigenvalue weighted by molar-refractivity contribution is 5.94. The molecule has 1 amide bonds. The molecule has 0 spiro atoms. The summed E-state index contributed by atoms with van der Waals surface area (Å²) < 4.78 is 5.44. The largest absolute Gasteiger partial charge is 0.490 e. The van der Waals surface area contributed by atoms with Crippen LogP contribution in [0.3, 0.4) is 0 Å². The molecule has 0 saturated carbocycles. The molecule has 1 aromatic carbocycles. The van der Waals surface area contributed by atoms with Crippen molar-refractivity contribution in [2.24, 2.45) is 0 Å². The Balaban J connectivity index is 1.99. The van der Waals surface area contributed by atoms with Gasteiger partial charge in [-0.2, -0.15) is 0 Å². The number of hydrogen-bond donors (Lipinski definition) is 2. The van der Waals surface area contributed by atoms with Gasteiger partial charge in [0, 0.05) is 24.4 Å². The Morgan fingerprint density at radius 2 is 1.83 bits per heavy atom. The second kappa shape index (κ2) is 6.75. The molecule has 126 valence electrons. The van der Waals surface area contributed by atoms with Crippen LogP contribution in [0, 0.1) is 0 Å². The molecule has 0 aliphatic carbocycles. The maximum Gasteiger partial charge on any atom is 0.251 e. The first kappa shape index (κ1) is 17.5. The number of amides is 1. The van der Waals surface area contributed by atoms with Crippen molar-refractivity contribution in [3.05, 3.63) is 42.5 Å². The number of nitrogens with two attached hydrogens (primary N) is 1. The topological polar surface area (TPSA) is 54.9 Å². The molecular weight excluding hydrogens is 288 g/mol. The molecule has 1 heterocycles. The number of benzene rings is 1. The van der Waals surface area contributed by atoms with E-state index in [0.717, 1.165) is 18.6 Å². The molecule has 0 radical (unpaired) electrons. The number of hydrogen-bond acceptors (Lipinski definition) is 2. The Hall–Kier alpha value is -1.81. The third-order valence-electron chi connectivity index (χ3n) is 4.15. The highest BCUT2D eigenvalue weighted by Gasteiger charge is 2.42. The first-order valence-electron chi connectivity index (χ1n) is 8.22. The first-order valence-corrected chi connectivity index (χ1v) is 8.22. The summed E-state index contributed by atoms with van der Waals surface area (Å²) >= 11 is 0. The standard InChI is InChI=1S/C19H28N2O2/c1-6-11-23-16-9-7-14(8-10-16)17(22)20-15-12-18(2,3)21-19(4,5)13-15/h6-10,15,21H,1,11-13H2,2-5H3,(H,20,22)/p+1. The second-order valence-electron chi connectivity index (χ2n) is 7.82. The molecule has 1 aromatic rings. The molecule has 4 nitrogen and oxygen atoms in total. The molecule has 1 fully saturated rings. The van der Waals surface area contributed by atoms with Gasteiger partial charge >= 0.3 is 0 Å². The van der Waals surface area contributed by atoms with Crippen molar-refractivity contribution in [3.63, 3.8) is 0 Å². The third-order valence-corrected chi connectivity index (χ3v) is 4.15. The van der Waals surface area contributed by atoms with Gasteiger partial charge in [-0.25, -0.2) is 0 Å². The minimum atomic E-state index is -0.0150. The molecular formula is C19H29N2O2+. The summed E-state index contributed by atoms with van der Waals surface area (Å²) in [7, 11) is 0. The van der Waals surface area contributed by atoms with Crippen molar-refractivity contribution in [1.29, 1.82) is 0 Å². The van der Waals surface area contributed by atoms with Crippen molar-refractivity contribution in [1.82, 2.24) is 5.32 Å². The molecule has 0 unspecified atom stereocenters. The Morgan fingerprint density at radius 1 is 1.26 bits per heavy atom. The van der Waals surface area contributed by atoms with Crippen LogP contribution in [0.4, 0.5) is 0 Å². The van der Waals surface area contributed by atoms with Crippen LogP contribution in [0.25, 0.3) is 0 Å². The maximum absolute atomic E-state index is 12.5. The number of carbonyl (C=O) groups is 1. The lowest BCUT2D eigenvalue weighted by Crippen LogP contribution is -3.06. The predicted molar refractivity (Wildman–Crippen MR) is 92.7 cm³/mol. The average molecular weight is 317 g/mol. The molecule has 3 N–H and O–H groups in total. The van der Waals surface area contributed by atoms with E-state index in [0.29, 0.717) is 12.2 Å². The van der Waals surface area contributed by atoms with Crippen LogP contribution < -0.4 is 15.4 Å². The van der Waals surface area contributed by atoms with Gasteiger partial charge in [0.1, 0.15) is 12.4 Å². The smallest absolute Gasteiger partial charge is 0.251 e. The van der Waals surface area contributed by atoms with Crippen LogP contribution in [-0.4, -0.2) is 29.6 Å². The quantitative estimate of drug-likeness (QED) is 0.819. The number of nitrogens with one attached hydrogen (secondary N) is 1. The minimum absolute atomic E-state index is 0.0150. The fourth-order valence-corrected chi connectivity index (χ4v) is 3.75. The number of rotatable bonds is 5. The molecule has 1 aliphatic heterocycles. The van der Waals surface area contributed by atoms with E-state index in [1.54, 1.807) is 18.2 Å². The van der Waals surface area contributed by atoms with Gasteiger partial charge in [-0.3, -0.25) is 4.79 Å². The Bertz CT molecular complexity index is 545. The van der Waals surface area contributed by atoms with Crippen molar-refractivity contribution >= 4 is 5.91 Å². The summed E-state index contributed by atoms with van der Waals surface area (Å²) in [6.07, 6.45) is 3.65. The normalized spacial score (nSPS) is 19.8. The molecule has 1 aliphatic rings. The Morgan fingerprint density at radius 3 is 2.35 bits per heavy atom. The fourth-order valence-electron chi connectivity index (χ4n) is 3.75. The summed E-state index contributed by atoms with van der Waals surface area (Å²) in [4.78, 5) is 12.5. The highest BCUT2D eigenvalue weighted by atomic mass is 16.5. The van der Waals surface area contributed by atoms with E-state index in [9.17, 15) is 4.79 Å². The van der Waals surface area contributed by atoms with E-state index < -0.39 is 0 Å². The molecule has 0 bridgehead atoms. The number of ether oxygens (including phenoxy) is 1. The average Bonchev–Trinajstić information content (AvgIpc) is 2.42. The number of piperidine rings is 1. The minimum Gasteiger partial charge on any atom is -0.490 e. The van der Waals surface area contributed by atoms with Gasteiger partial charge in [0.15, 0.2) is 0 Å². The maximum atomic E-state index is 12.5. The molecule has 0 atom stereocenters. The summed E-state index contributed by atoms with van der Waals surface area (Å²) in [5, 5.41) is 5.60. The van der Waals surface area contributed by atoms with Crippen LogP contribution >= 0.6 is 0 Å². The molecule has 2 rings (SSSR count). The molecule has 1 saturated heterocycles. The lowest BCUT2D eigenvalue weighted by molar-refractivity contribution is -0.787. The van der Waals surface area contributed by atoms with E-state index in [1.807, 2.05) is 12.1 Å². The SMILES string of the molecule is C=CCOc1ccc(C(=O)NC2CC(C)(C)[NH2+]C(C)(C)C2)cc1. The molecule has 23 heavy (non-hydrogen) atoms. The zero-order chi connectivity index (χ0) is 17.1. The van der Waals surface area contributed by atoms with E-state index in [1.165, 1.54) is 0 Å². The van der Waals surface area contributed by atoms with Crippen molar-refractivity contribution in [3.8, 4) is 5.75 Å². The van der Waals surface area contributed by atoms with Gasteiger partial charge < -0.3 is 15.4 Å². The number of carbonyl (C=O) groups excluding carboxylic acids is 1. The fraction of sp³-hybridized carbons (Fsp3) is 0.526. The van der Waals surface area contributed by atoms with Crippen LogP contribution in [0.1, 0.15) is 50.9 Å². The summed E-state index contributed by atoms with van der Waals surface area (Å²) in [6, 6.07) is 7.45. The Labute approximate surface area is 139 Å². The zero-order valence-electron chi connectivity index (χ0n) is 14.7. The van der Waals surface area contributed by atoms with Crippen LogP contribution in [-0.2, 0) is 0 Å². The van der Waals surface area contributed by atoms with Gasteiger partial charge in [-0.05, 0) is 52.0 Å². The second-order valence-corrected chi connectivity index (χ2v) is 7.82. The Kier molecular flexibility index (Phi) is 5.15. The van der Waals surface area contributed by atoms with Crippen molar-refractivity contribution in [2.45, 2.75) is 57.7 Å². The lowest BCUT2D eigenvalue weighted by Gasteiger charge is -2.43. The van der Waals surface area contributed by atoms with Crippen LogP contribution in [0.5, 0.6) is 5.75 Å². The third kappa shape index (κ3) is 5.10. The van der Waals surface area contributed by atoms with Crippen molar-refractivity contribution in [2.75, 3.05) is 6.61 Å². The number of quaternary nitrogens is 1. The predicted octanol–water partition coefficient (Wildman–Crippen LogP) is 2.26. The molecule has 0 aromatic heterocycles. The van der Waals surface area contributed by atoms with E-state index >= 15 is 0 Å². The summed E-state index contributed by atoms with van der Waals surface area (Å²) in [5.74, 6) is 0.731. The van der Waals surface area contributed by atoms with Crippen LogP contribution in [0.15, 0.2) is 36.9 Å². The monoisotopic (exact) mass is 317 g/mol. The van der Waals surface area contributed by atoms with E-state index in [2.05, 4.69) is 44.9 Å². The first-order chi connectivity index (χ1) is 10.7. The van der Waals surface area contributed by atoms with Gasteiger partial charge in [-0.1, -0.05) is 12.7 Å². The highest BCUT2D eigenvalue weighted by Crippen LogP contribution is 2.22. The van der Waals surface area contributed by atoms with E-state index in [-0.39, 0.29) is 23.0 Å². The zero-order valence-corrected chi connectivity index (χ0v) is 14.7. The lowest BCUT2D eigenvalue weighted by atomic mass is 9.79.